The molecule has 7 nitrogen and oxygen atoms in total. The molecule has 0 radical (unpaired) electrons. The van der Waals surface area contributed by atoms with Gasteiger partial charge in [-0.05, 0) is 31.5 Å². The third kappa shape index (κ3) is 3.13. The third-order valence-electron chi connectivity index (χ3n) is 3.36. The fraction of sp³-hybridized carbons (Fsp3) is 0.250. The first-order valence-corrected chi connectivity index (χ1v) is 8.19. The largest absolute Gasteiger partial charge is 0.461 e. The highest BCUT2D eigenvalue weighted by atomic mass is 32.1. The van der Waals surface area contributed by atoms with Gasteiger partial charge in [0.15, 0.2) is 10.8 Å². The maximum Gasteiger partial charge on any atom is 0.356 e. The number of hydrogen-bond donors (Lipinski definition) is 1. The highest BCUT2D eigenvalue weighted by Gasteiger charge is 2.19. The number of aryl methyl sites for hydroxylation is 2. The van der Waals surface area contributed by atoms with E-state index in [2.05, 4.69) is 15.4 Å². The predicted molar refractivity (Wildman–Crippen MR) is 91.5 cm³/mol. The minimum atomic E-state index is -0.512. The molecular formula is C16H16N4O3S. The Morgan fingerprint density at radius 2 is 2.12 bits per heavy atom. The van der Waals surface area contributed by atoms with Crippen molar-refractivity contribution < 1.29 is 14.3 Å². The van der Waals surface area contributed by atoms with Crippen molar-refractivity contribution in [3.8, 4) is 0 Å². The lowest BCUT2D eigenvalue weighted by Gasteiger charge is -1.99. The Morgan fingerprint density at radius 3 is 2.88 bits per heavy atom. The van der Waals surface area contributed by atoms with Gasteiger partial charge in [-0.25, -0.2) is 9.78 Å². The van der Waals surface area contributed by atoms with E-state index in [1.807, 2.05) is 25.1 Å². The molecule has 124 valence electrons. The molecule has 0 bridgehead atoms. The molecule has 0 aliphatic carbocycles. The minimum absolute atomic E-state index is 0.135. The molecule has 0 atom stereocenters. The summed E-state index contributed by atoms with van der Waals surface area (Å²) in [6, 6.07) is 7.31. The molecular weight excluding hydrogens is 328 g/mol. The quantitative estimate of drug-likeness (QED) is 0.736. The van der Waals surface area contributed by atoms with Gasteiger partial charge >= 0.3 is 5.97 Å². The average molecular weight is 344 g/mol. The number of ether oxygens (including phenoxy) is 1. The zero-order valence-corrected chi connectivity index (χ0v) is 14.3. The van der Waals surface area contributed by atoms with E-state index in [-0.39, 0.29) is 18.0 Å². The number of nitrogens with zero attached hydrogens (tertiary/aromatic N) is 3. The number of carbonyl (C=O) groups excluding carboxylic acids is 2. The second-order valence-corrected chi connectivity index (χ2v) is 6.23. The fourth-order valence-corrected chi connectivity index (χ4v) is 3.18. The number of carbonyl (C=O) groups is 2. The molecule has 0 aliphatic rings. The van der Waals surface area contributed by atoms with Crippen LogP contribution in [0, 0.1) is 6.92 Å². The monoisotopic (exact) mass is 344 g/mol. The first kappa shape index (κ1) is 16.1. The van der Waals surface area contributed by atoms with Crippen LogP contribution in [0.3, 0.4) is 0 Å². The van der Waals surface area contributed by atoms with E-state index in [9.17, 15) is 9.59 Å². The van der Waals surface area contributed by atoms with E-state index in [1.165, 1.54) is 22.1 Å². The SMILES string of the molecule is CCOC(=O)c1cc(C(=O)Nc2nc3ccc(C)cc3s2)nn1C. The lowest BCUT2D eigenvalue weighted by atomic mass is 10.2. The predicted octanol–water partition coefficient (Wildman–Crippen LogP) is 2.77. The molecule has 2 heterocycles. The van der Waals surface area contributed by atoms with E-state index in [0.717, 1.165) is 15.8 Å². The number of fused-ring (bicyclic) bond motifs is 1. The summed E-state index contributed by atoms with van der Waals surface area (Å²) in [6.07, 6.45) is 0. The van der Waals surface area contributed by atoms with Gasteiger partial charge in [-0.2, -0.15) is 5.10 Å². The van der Waals surface area contributed by atoms with Crippen LogP contribution in [0.15, 0.2) is 24.3 Å². The van der Waals surface area contributed by atoms with E-state index in [1.54, 1.807) is 14.0 Å². The van der Waals surface area contributed by atoms with Crippen molar-refractivity contribution in [2.75, 3.05) is 11.9 Å². The van der Waals surface area contributed by atoms with Crippen molar-refractivity contribution in [1.82, 2.24) is 14.8 Å². The smallest absolute Gasteiger partial charge is 0.356 e. The number of nitrogens with one attached hydrogen (secondary N) is 1. The normalized spacial score (nSPS) is 10.8. The van der Waals surface area contributed by atoms with Crippen molar-refractivity contribution >= 4 is 38.6 Å². The summed E-state index contributed by atoms with van der Waals surface area (Å²) in [5.74, 6) is -0.932. The molecule has 3 aromatic rings. The van der Waals surface area contributed by atoms with Gasteiger partial charge < -0.3 is 4.74 Å². The van der Waals surface area contributed by atoms with E-state index in [0.29, 0.717) is 5.13 Å². The Morgan fingerprint density at radius 1 is 1.33 bits per heavy atom. The summed E-state index contributed by atoms with van der Waals surface area (Å²) >= 11 is 1.39. The third-order valence-corrected chi connectivity index (χ3v) is 4.30. The summed E-state index contributed by atoms with van der Waals surface area (Å²) in [4.78, 5) is 28.5. The van der Waals surface area contributed by atoms with E-state index in [4.69, 9.17) is 4.74 Å². The molecule has 0 saturated heterocycles. The zero-order valence-electron chi connectivity index (χ0n) is 13.5. The van der Waals surface area contributed by atoms with E-state index >= 15 is 0 Å². The molecule has 0 aliphatic heterocycles. The number of rotatable bonds is 4. The van der Waals surface area contributed by atoms with Crippen LogP contribution in [0.5, 0.6) is 0 Å². The van der Waals surface area contributed by atoms with Crippen LogP contribution in [0.1, 0.15) is 33.5 Å². The lowest BCUT2D eigenvalue weighted by molar-refractivity contribution is 0.0513. The molecule has 0 unspecified atom stereocenters. The molecule has 0 spiro atoms. The number of thiazole rings is 1. The lowest BCUT2D eigenvalue weighted by Crippen LogP contribution is -2.12. The molecule has 1 aromatic carbocycles. The van der Waals surface area contributed by atoms with Crippen molar-refractivity contribution in [2.45, 2.75) is 13.8 Å². The van der Waals surface area contributed by atoms with E-state index < -0.39 is 11.9 Å². The van der Waals surface area contributed by atoms with Crippen molar-refractivity contribution in [3.05, 3.63) is 41.2 Å². The summed E-state index contributed by atoms with van der Waals surface area (Å²) in [5, 5.41) is 7.27. The van der Waals surface area contributed by atoms with Gasteiger partial charge in [0, 0.05) is 13.1 Å². The van der Waals surface area contributed by atoms with Crippen LogP contribution < -0.4 is 5.32 Å². The number of benzene rings is 1. The van der Waals surface area contributed by atoms with Gasteiger partial charge in [-0.3, -0.25) is 14.8 Å². The Balaban J connectivity index is 1.81. The van der Waals surface area contributed by atoms with Crippen LogP contribution in [0.2, 0.25) is 0 Å². The number of amides is 1. The van der Waals surface area contributed by atoms with Gasteiger partial charge in [0.25, 0.3) is 5.91 Å². The van der Waals surface area contributed by atoms with Crippen LogP contribution in [0.4, 0.5) is 5.13 Å². The molecule has 2 aromatic heterocycles. The first-order valence-electron chi connectivity index (χ1n) is 7.37. The first-order chi connectivity index (χ1) is 11.5. The molecule has 8 heteroatoms. The summed E-state index contributed by atoms with van der Waals surface area (Å²) < 4.78 is 7.26. The van der Waals surface area contributed by atoms with Crippen LogP contribution >= 0.6 is 11.3 Å². The molecule has 0 saturated carbocycles. The maximum absolute atomic E-state index is 12.3. The van der Waals surface area contributed by atoms with Crippen LogP contribution in [-0.4, -0.2) is 33.2 Å². The second kappa shape index (κ2) is 6.40. The van der Waals surface area contributed by atoms with Crippen LogP contribution in [0.25, 0.3) is 10.2 Å². The van der Waals surface area contributed by atoms with Gasteiger partial charge in [0.1, 0.15) is 5.69 Å². The Bertz CT molecular complexity index is 929. The fourth-order valence-electron chi connectivity index (χ4n) is 2.22. The number of aromatic nitrogens is 3. The molecule has 1 amide bonds. The average Bonchev–Trinajstić information content (AvgIpc) is 3.10. The van der Waals surface area contributed by atoms with Crippen LogP contribution in [-0.2, 0) is 11.8 Å². The van der Waals surface area contributed by atoms with Crippen molar-refractivity contribution in [1.29, 1.82) is 0 Å². The van der Waals surface area contributed by atoms with Crippen molar-refractivity contribution in [3.63, 3.8) is 0 Å². The Hall–Kier alpha value is -2.74. The van der Waals surface area contributed by atoms with Gasteiger partial charge in [0.2, 0.25) is 0 Å². The minimum Gasteiger partial charge on any atom is -0.461 e. The van der Waals surface area contributed by atoms with Gasteiger partial charge in [-0.15, -0.1) is 0 Å². The molecule has 1 N–H and O–H groups in total. The summed E-state index contributed by atoms with van der Waals surface area (Å²) in [7, 11) is 1.59. The van der Waals surface area contributed by atoms with Gasteiger partial charge in [0.05, 0.1) is 16.8 Å². The topological polar surface area (TPSA) is 86.1 Å². The number of anilines is 1. The Labute approximate surface area is 142 Å². The standard InChI is InChI=1S/C16H16N4O3S/c1-4-23-15(22)12-8-11(19-20(12)3)14(21)18-16-17-10-6-5-9(2)7-13(10)24-16/h5-8H,4H2,1-3H3,(H,17,18,21). The highest BCUT2D eigenvalue weighted by molar-refractivity contribution is 7.22. The maximum atomic E-state index is 12.3. The number of hydrogen-bond acceptors (Lipinski definition) is 6. The van der Waals surface area contributed by atoms with Gasteiger partial charge in [-0.1, -0.05) is 17.4 Å². The summed E-state index contributed by atoms with van der Waals surface area (Å²) in [5.41, 5.74) is 2.32. The molecule has 0 fully saturated rings. The number of esters is 1. The zero-order chi connectivity index (χ0) is 17.3. The Kier molecular flexibility index (Phi) is 4.30. The molecule has 24 heavy (non-hydrogen) atoms. The second-order valence-electron chi connectivity index (χ2n) is 5.20. The van der Waals surface area contributed by atoms with Crippen molar-refractivity contribution in [2.24, 2.45) is 7.05 Å². The highest BCUT2D eigenvalue weighted by Crippen LogP contribution is 2.27. The molecule has 3 rings (SSSR count). The summed E-state index contributed by atoms with van der Waals surface area (Å²) in [6.45, 7) is 3.98.